The minimum Gasteiger partial charge on any atom is -0.494 e. The Hall–Kier alpha value is -4.59. The van der Waals surface area contributed by atoms with Crippen LogP contribution < -0.4 is 14.8 Å². The molecule has 0 saturated heterocycles. The first-order valence-electron chi connectivity index (χ1n) is 12.4. The van der Waals surface area contributed by atoms with Crippen molar-refractivity contribution in [3.05, 3.63) is 102 Å². The molecule has 3 aromatic rings. The molecule has 1 amide bonds. The van der Waals surface area contributed by atoms with Crippen LogP contribution in [0.25, 0.3) is 0 Å². The lowest BCUT2D eigenvalue weighted by molar-refractivity contribution is -0.143. The van der Waals surface area contributed by atoms with Crippen LogP contribution >= 0.6 is 0 Å². The molecule has 1 N–H and O–H groups in total. The van der Waals surface area contributed by atoms with E-state index in [1.165, 1.54) is 5.56 Å². The molecule has 3 aromatic carbocycles. The normalized spacial score (nSPS) is 10.8. The third-order valence-electron chi connectivity index (χ3n) is 5.21. The van der Waals surface area contributed by atoms with Gasteiger partial charge in [0.15, 0.2) is 5.75 Å². The molecule has 38 heavy (non-hydrogen) atoms. The zero-order valence-electron chi connectivity index (χ0n) is 21.5. The number of hydrogen-bond donors (Lipinski definition) is 1. The van der Waals surface area contributed by atoms with E-state index in [-0.39, 0.29) is 30.6 Å². The SMILES string of the molecule is CCOC(=O)/C=C(\Oc1ccccc1NC(=O)c1ccc(OCCCc2ccccc2)cc1)C(=O)OCC. The van der Waals surface area contributed by atoms with Crippen LogP contribution in [0.1, 0.15) is 36.2 Å². The fourth-order valence-electron chi connectivity index (χ4n) is 3.41. The zero-order valence-corrected chi connectivity index (χ0v) is 21.5. The molecule has 0 aliphatic heterocycles. The van der Waals surface area contributed by atoms with Gasteiger partial charge in [0.1, 0.15) is 5.75 Å². The van der Waals surface area contributed by atoms with Gasteiger partial charge in [0.25, 0.3) is 5.91 Å². The molecule has 0 spiro atoms. The Morgan fingerprint density at radius 3 is 2.21 bits per heavy atom. The van der Waals surface area contributed by atoms with Crippen LogP contribution in [0.5, 0.6) is 11.5 Å². The van der Waals surface area contributed by atoms with Crippen molar-refractivity contribution in [3.63, 3.8) is 0 Å². The van der Waals surface area contributed by atoms with E-state index in [4.69, 9.17) is 18.9 Å². The summed E-state index contributed by atoms with van der Waals surface area (Å²) in [7, 11) is 0. The van der Waals surface area contributed by atoms with E-state index in [2.05, 4.69) is 17.4 Å². The highest BCUT2D eigenvalue weighted by molar-refractivity contribution is 6.05. The standard InChI is InChI=1S/C30H31NO7/c1-3-35-28(32)21-27(30(34)36-4-2)38-26-15-9-8-14-25(26)31-29(33)23-16-18-24(19-17-23)37-20-10-13-22-11-6-5-7-12-22/h5-9,11-12,14-19,21H,3-4,10,13,20H2,1-2H3,(H,31,33)/b27-21-. The number of para-hydroxylation sites is 2. The highest BCUT2D eigenvalue weighted by Crippen LogP contribution is 2.27. The van der Waals surface area contributed by atoms with Crippen LogP contribution in [0.15, 0.2) is 90.7 Å². The summed E-state index contributed by atoms with van der Waals surface area (Å²) in [6, 6.07) is 23.5. The first kappa shape index (κ1) is 28.0. The van der Waals surface area contributed by atoms with Gasteiger partial charge in [-0.1, -0.05) is 42.5 Å². The Labute approximate surface area is 222 Å². The molecule has 8 heteroatoms. The van der Waals surface area contributed by atoms with Crippen LogP contribution in [0.3, 0.4) is 0 Å². The molecule has 0 fully saturated rings. The molecule has 0 saturated carbocycles. The van der Waals surface area contributed by atoms with Gasteiger partial charge in [0, 0.05) is 5.56 Å². The van der Waals surface area contributed by atoms with Crippen LogP contribution in [0, 0.1) is 0 Å². The molecular formula is C30H31NO7. The number of hydrogen-bond acceptors (Lipinski definition) is 7. The minimum atomic E-state index is -0.832. The van der Waals surface area contributed by atoms with Gasteiger partial charge in [0.2, 0.25) is 5.76 Å². The predicted molar refractivity (Wildman–Crippen MR) is 143 cm³/mol. The monoisotopic (exact) mass is 517 g/mol. The molecule has 0 atom stereocenters. The third-order valence-corrected chi connectivity index (χ3v) is 5.21. The van der Waals surface area contributed by atoms with Crippen molar-refractivity contribution in [1.82, 2.24) is 0 Å². The fourth-order valence-corrected chi connectivity index (χ4v) is 3.41. The van der Waals surface area contributed by atoms with E-state index >= 15 is 0 Å². The summed E-state index contributed by atoms with van der Waals surface area (Å²) in [5.74, 6) is -1.51. The van der Waals surface area contributed by atoms with E-state index < -0.39 is 11.9 Å². The number of nitrogens with one attached hydrogen (secondary N) is 1. The van der Waals surface area contributed by atoms with Gasteiger partial charge in [-0.25, -0.2) is 9.59 Å². The average molecular weight is 518 g/mol. The van der Waals surface area contributed by atoms with Crippen LogP contribution in [0.2, 0.25) is 0 Å². The first-order chi connectivity index (χ1) is 18.5. The molecule has 0 aliphatic carbocycles. The van der Waals surface area contributed by atoms with Crippen molar-refractivity contribution < 1.29 is 33.3 Å². The Kier molecular flexibility index (Phi) is 10.9. The Bertz CT molecular complexity index is 1240. The summed E-state index contributed by atoms with van der Waals surface area (Å²) in [5.41, 5.74) is 1.97. The maximum atomic E-state index is 12.9. The molecule has 3 rings (SSSR count). The molecule has 0 radical (unpaired) electrons. The molecule has 0 aliphatic rings. The lowest BCUT2D eigenvalue weighted by atomic mass is 10.1. The molecule has 8 nitrogen and oxygen atoms in total. The minimum absolute atomic E-state index is 0.0908. The number of rotatable bonds is 13. The van der Waals surface area contributed by atoms with E-state index in [0.717, 1.165) is 18.9 Å². The molecule has 0 unspecified atom stereocenters. The number of ether oxygens (including phenoxy) is 4. The van der Waals surface area contributed by atoms with Crippen molar-refractivity contribution in [2.24, 2.45) is 0 Å². The lowest BCUT2D eigenvalue weighted by Crippen LogP contribution is -2.17. The number of benzene rings is 3. The van der Waals surface area contributed by atoms with Gasteiger partial charge >= 0.3 is 11.9 Å². The maximum absolute atomic E-state index is 12.9. The third kappa shape index (κ3) is 8.81. The Balaban J connectivity index is 1.62. The summed E-state index contributed by atoms with van der Waals surface area (Å²) in [5, 5.41) is 2.77. The van der Waals surface area contributed by atoms with Gasteiger partial charge in [-0.3, -0.25) is 4.79 Å². The van der Waals surface area contributed by atoms with Gasteiger partial charge in [0.05, 0.1) is 31.6 Å². The number of amides is 1. The summed E-state index contributed by atoms with van der Waals surface area (Å²) in [6.45, 7) is 4.07. The quantitative estimate of drug-likeness (QED) is 0.141. The van der Waals surface area contributed by atoms with E-state index in [9.17, 15) is 14.4 Å². The van der Waals surface area contributed by atoms with E-state index in [1.807, 2.05) is 18.2 Å². The number of anilines is 1. The second-order valence-corrected chi connectivity index (χ2v) is 8.00. The largest absolute Gasteiger partial charge is 0.494 e. The fraction of sp³-hybridized carbons (Fsp3) is 0.233. The van der Waals surface area contributed by atoms with E-state index in [1.54, 1.807) is 62.4 Å². The topological polar surface area (TPSA) is 100 Å². The van der Waals surface area contributed by atoms with Crippen LogP contribution in [0.4, 0.5) is 5.69 Å². The lowest BCUT2D eigenvalue weighted by Gasteiger charge is -2.14. The smallest absolute Gasteiger partial charge is 0.374 e. The number of aryl methyl sites for hydroxylation is 1. The van der Waals surface area contributed by atoms with Crippen molar-refractivity contribution in [2.45, 2.75) is 26.7 Å². The van der Waals surface area contributed by atoms with Gasteiger partial charge in [-0.15, -0.1) is 0 Å². The second kappa shape index (κ2) is 14.8. The molecule has 198 valence electrons. The van der Waals surface area contributed by atoms with Crippen LogP contribution in [-0.2, 0) is 25.5 Å². The summed E-state index contributed by atoms with van der Waals surface area (Å²) in [6.07, 6.45) is 2.72. The summed E-state index contributed by atoms with van der Waals surface area (Å²) >= 11 is 0. The summed E-state index contributed by atoms with van der Waals surface area (Å²) in [4.78, 5) is 37.1. The average Bonchev–Trinajstić information content (AvgIpc) is 2.93. The number of carbonyl (C=O) groups is 3. The maximum Gasteiger partial charge on any atom is 0.374 e. The van der Waals surface area contributed by atoms with Crippen molar-refractivity contribution >= 4 is 23.5 Å². The van der Waals surface area contributed by atoms with E-state index in [0.29, 0.717) is 23.6 Å². The van der Waals surface area contributed by atoms with Gasteiger partial charge in [-0.2, -0.15) is 0 Å². The molecule has 0 heterocycles. The predicted octanol–water partition coefficient (Wildman–Crippen LogP) is 5.34. The van der Waals surface area contributed by atoms with Crippen molar-refractivity contribution in [3.8, 4) is 11.5 Å². The number of esters is 2. The molecule has 0 aromatic heterocycles. The summed E-state index contributed by atoms with van der Waals surface area (Å²) < 4.78 is 21.3. The second-order valence-electron chi connectivity index (χ2n) is 8.00. The Morgan fingerprint density at radius 2 is 1.50 bits per heavy atom. The molecule has 0 bridgehead atoms. The van der Waals surface area contributed by atoms with Crippen molar-refractivity contribution in [2.75, 3.05) is 25.1 Å². The van der Waals surface area contributed by atoms with Crippen LogP contribution in [-0.4, -0.2) is 37.7 Å². The molecular weight excluding hydrogens is 486 g/mol. The van der Waals surface area contributed by atoms with Crippen molar-refractivity contribution in [1.29, 1.82) is 0 Å². The van der Waals surface area contributed by atoms with Gasteiger partial charge < -0.3 is 24.3 Å². The van der Waals surface area contributed by atoms with Gasteiger partial charge in [-0.05, 0) is 68.7 Å². The highest BCUT2D eigenvalue weighted by atomic mass is 16.6. The zero-order chi connectivity index (χ0) is 27.2. The highest BCUT2D eigenvalue weighted by Gasteiger charge is 2.19. The first-order valence-corrected chi connectivity index (χ1v) is 12.4. The Morgan fingerprint density at radius 1 is 0.816 bits per heavy atom. The number of carbonyl (C=O) groups excluding carboxylic acids is 3.